The van der Waals surface area contributed by atoms with Gasteiger partial charge in [0.1, 0.15) is 12.1 Å². The Labute approximate surface area is 217 Å². The van der Waals surface area contributed by atoms with Crippen molar-refractivity contribution in [2.45, 2.75) is 76.3 Å². The van der Waals surface area contributed by atoms with Crippen LogP contribution in [0.25, 0.3) is 10.4 Å². The smallest absolute Gasteiger partial charge is 0.323 e. The summed E-state index contributed by atoms with van der Waals surface area (Å²) in [6.45, 7) is 7.51. The van der Waals surface area contributed by atoms with Crippen LogP contribution in [0.2, 0.25) is 5.02 Å². The van der Waals surface area contributed by atoms with Crippen molar-refractivity contribution in [2.75, 3.05) is 24.7 Å². The minimum absolute atomic E-state index is 0.0807. The summed E-state index contributed by atoms with van der Waals surface area (Å²) in [6.07, 6.45) is 7.04. The Hall–Kier alpha value is -1.68. The van der Waals surface area contributed by atoms with Gasteiger partial charge in [0.2, 0.25) is 0 Å². The van der Waals surface area contributed by atoms with Crippen molar-refractivity contribution in [3.8, 4) is 10.4 Å². The Bertz CT molecular complexity index is 1110. The van der Waals surface area contributed by atoms with Gasteiger partial charge < -0.3 is 15.4 Å². The molecule has 1 aliphatic rings. The van der Waals surface area contributed by atoms with Crippen molar-refractivity contribution < 1.29 is 17.9 Å². The predicted molar refractivity (Wildman–Crippen MR) is 143 cm³/mol. The summed E-state index contributed by atoms with van der Waals surface area (Å²) < 4.78 is 29.8. The van der Waals surface area contributed by atoms with E-state index in [1.54, 1.807) is 12.1 Å². The molecule has 7 nitrogen and oxygen atoms in total. The van der Waals surface area contributed by atoms with Gasteiger partial charge in [-0.2, -0.15) is 0 Å². The molecule has 1 aliphatic carbocycles. The molecule has 2 aromatic rings. The van der Waals surface area contributed by atoms with E-state index in [-0.39, 0.29) is 28.0 Å². The number of sulfone groups is 1. The van der Waals surface area contributed by atoms with E-state index < -0.39 is 9.84 Å². The van der Waals surface area contributed by atoms with E-state index in [0.717, 1.165) is 66.0 Å². The first-order valence-electron chi connectivity index (χ1n) is 12.2. The number of ether oxygens (including phenoxy) is 1. The lowest BCUT2D eigenvalue weighted by Crippen LogP contribution is -2.41. The summed E-state index contributed by atoms with van der Waals surface area (Å²) in [5, 5.41) is 7.71. The molecule has 0 aliphatic heterocycles. The van der Waals surface area contributed by atoms with Gasteiger partial charge in [-0.25, -0.2) is 13.4 Å². The molecule has 1 saturated carbocycles. The molecule has 194 valence electrons. The number of rotatable bonds is 12. The van der Waals surface area contributed by atoms with Crippen molar-refractivity contribution in [3.05, 3.63) is 28.9 Å². The Balaban J connectivity index is 1.52. The highest BCUT2D eigenvalue weighted by Crippen LogP contribution is 2.35. The zero-order valence-electron chi connectivity index (χ0n) is 20.9. The summed E-state index contributed by atoms with van der Waals surface area (Å²) >= 11 is 7.56. The number of thiazole rings is 1. The number of halogens is 1. The Morgan fingerprint density at radius 1 is 1.26 bits per heavy atom. The van der Waals surface area contributed by atoms with Crippen LogP contribution in [-0.4, -0.2) is 50.9 Å². The van der Waals surface area contributed by atoms with Gasteiger partial charge in [0.15, 0.2) is 15.0 Å². The zero-order valence-corrected chi connectivity index (χ0v) is 23.3. The average Bonchev–Trinajstić information content (AvgIpc) is 3.41. The quantitative estimate of drug-likeness (QED) is 0.271. The molecule has 0 amide bonds. The van der Waals surface area contributed by atoms with Gasteiger partial charge in [-0.05, 0) is 75.6 Å². The number of benzene rings is 1. The maximum absolute atomic E-state index is 12.6. The van der Waals surface area contributed by atoms with Crippen LogP contribution in [0.3, 0.4) is 0 Å². The van der Waals surface area contributed by atoms with Gasteiger partial charge in [0.05, 0.1) is 20.5 Å². The molecular weight excluding hydrogens is 506 g/mol. The number of hydrogen-bond donors (Lipinski definition) is 2. The van der Waals surface area contributed by atoms with Crippen LogP contribution < -0.4 is 10.6 Å². The average molecular weight is 542 g/mol. The lowest BCUT2D eigenvalue weighted by Gasteiger charge is -2.21. The topological polar surface area (TPSA) is 97.4 Å². The second-order valence-electron chi connectivity index (χ2n) is 9.61. The normalized spacial score (nSPS) is 15.5. The van der Waals surface area contributed by atoms with E-state index >= 15 is 0 Å². The van der Waals surface area contributed by atoms with Crippen LogP contribution in [0.5, 0.6) is 0 Å². The highest BCUT2D eigenvalue weighted by Gasteiger charge is 2.25. The Morgan fingerprint density at radius 3 is 2.63 bits per heavy atom. The van der Waals surface area contributed by atoms with Gasteiger partial charge in [0.25, 0.3) is 0 Å². The SMILES string of the molecule is Cc1nc(NCCCN[C@H](CC(C)C)C(=O)OC2CCCC2)sc1-c1ccc(Cl)c(S(C)(=O)=O)c1. The number of anilines is 1. The van der Waals surface area contributed by atoms with Crippen LogP contribution in [0.15, 0.2) is 23.1 Å². The highest BCUT2D eigenvalue weighted by molar-refractivity contribution is 7.90. The molecule has 1 aromatic carbocycles. The van der Waals surface area contributed by atoms with E-state index in [4.69, 9.17) is 16.3 Å². The first kappa shape index (κ1) is 27.9. The highest BCUT2D eigenvalue weighted by atomic mass is 35.5. The van der Waals surface area contributed by atoms with E-state index in [2.05, 4.69) is 29.5 Å². The summed E-state index contributed by atoms with van der Waals surface area (Å²) in [6, 6.07) is 4.74. The van der Waals surface area contributed by atoms with Gasteiger partial charge in [0, 0.05) is 12.8 Å². The summed E-state index contributed by atoms with van der Waals surface area (Å²) in [7, 11) is -3.42. The lowest BCUT2D eigenvalue weighted by atomic mass is 10.0. The molecule has 0 saturated heterocycles. The van der Waals surface area contributed by atoms with Crippen molar-refractivity contribution in [1.82, 2.24) is 10.3 Å². The van der Waals surface area contributed by atoms with Crippen LogP contribution in [0.1, 0.15) is 58.1 Å². The maximum atomic E-state index is 12.6. The molecule has 1 fully saturated rings. The summed E-state index contributed by atoms with van der Waals surface area (Å²) in [4.78, 5) is 18.3. The molecular formula is C25H36ClN3O4S2. The molecule has 1 aromatic heterocycles. The molecule has 35 heavy (non-hydrogen) atoms. The maximum Gasteiger partial charge on any atom is 0.323 e. The number of hydrogen-bond acceptors (Lipinski definition) is 8. The Kier molecular flexibility index (Phi) is 9.98. The monoisotopic (exact) mass is 541 g/mol. The van der Waals surface area contributed by atoms with E-state index in [9.17, 15) is 13.2 Å². The predicted octanol–water partition coefficient (Wildman–Crippen LogP) is 5.47. The molecule has 0 radical (unpaired) electrons. The third-order valence-electron chi connectivity index (χ3n) is 5.99. The second-order valence-corrected chi connectivity index (χ2v) is 13.0. The molecule has 2 N–H and O–H groups in total. The first-order valence-corrected chi connectivity index (χ1v) is 15.3. The lowest BCUT2D eigenvalue weighted by molar-refractivity contribution is -0.151. The molecule has 10 heteroatoms. The fourth-order valence-corrected chi connectivity index (χ4v) is 6.51. The zero-order chi connectivity index (χ0) is 25.6. The van der Waals surface area contributed by atoms with Gasteiger partial charge in [-0.1, -0.05) is 42.9 Å². The largest absolute Gasteiger partial charge is 0.461 e. The molecule has 0 unspecified atom stereocenters. The van der Waals surface area contributed by atoms with E-state index in [1.807, 2.05) is 13.0 Å². The molecule has 0 bridgehead atoms. The van der Waals surface area contributed by atoms with E-state index in [1.165, 1.54) is 11.3 Å². The minimum Gasteiger partial charge on any atom is -0.461 e. The van der Waals surface area contributed by atoms with Crippen LogP contribution in [-0.2, 0) is 19.4 Å². The third-order valence-corrected chi connectivity index (χ3v) is 8.73. The third kappa shape index (κ3) is 8.17. The molecule has 1 atom stereocenters. The number of esters is 1. The Morgan fingerprint density at radius 2 is 1.97 bits per heavy atom. The number of carbonyl (C=O) groups is 1. The fourth-order valence-electron chi connectivity index (χ4n) is 4.22. The number of carbonyl (C=O) groups excluding carboxylic acids is 1. The summed E-state index contributed by atoms with van der Waals surface area (Å²) in [5.41, 5.74) is 1.60. The van der Waals surface area contributed by atoms with E-state index in [0.29, 0.717) is 19.0 Å². The molecule has 0 spiro atoms. The minimum atomic E-state index is -3.42. The van der Waals surface area contributed by atoms with Gasteiger partial charge >= 0.3 is 5.97 Å². The van der Waals surface area contributed by atoms with Crippen molar-refractivity contribution >= 4 is 43.9 Å². The van der Waals surface area contributed by atoms with Crippen LogP contribution >= 0.6 is 22.9 Å². The van der Waals surface area contributed by atoms with Crippen LogP contribution in [0.4, 0.5) is 5.13 Å². The molecule has 1 heterocycles. The fraction of sp³-hybridized carbons (Fsp3) is 0.600. The van der Waals surface area contributed by atoms with Crippen LogP contribution in [0, 0.1) is 12.8 Å². The van der Waals surface area contributed by atoms with Crippen molar-refractivity contribution in [2.24, 2.45) is 5.92 Å². The first-order chi connectivity index (χ1) is 16.5. The van der Waals surface area contributed by atoms with Crippen molar-refractivity contribution in [1.29, 1.82) is 0 Å². The standard InChI is InChI=1S/C25H36ClN3O4S2/c1-16(2)14-21(24(30)33-19-8-5-6-9-19)27-12-7-13-28-25-29-17(3)23(34-25)18-10-11-20(26)22(15-18)35(4,31)32/h10-11,15-16,19,21,27H,5-9,12-14H2,1-4H3,(H,28,29)/t21-/m1/s1. The summed E-state index contributed by atoms with van der Waals surface area (Å²) in [5.74, 6) is 0.268. The van der Waals surface area contributed by atoms with Crippen molar-refractivity contribution in [3.63, 3.8) is 0 Å². The molecule has 3 rings (SSSR count). The number of aryl methyl sites for hydroxylation is 1. The number of nitrogens with one attached hydrogen (secondary N) is 2. The van der Waals surface area contributed by atoms with Gasteiger partial charge in [-0.3, -0.25) is 4.79 Å². The second kappa shape index (κ2) is 12.5. The van der Waals surface area contributed by atoms with Gasteiger partial charge in [-0.15, -0.1) is 0 Å². The number of nitrogens with zero attached hydrogens (tertiary/aromatic N) is 1. The number of aromatic nitrogens is 1.